The van der Waals surface area contributed by atoms with Gasteiger partial charge in [-0.25, -0.2) is 0 Å². The van der Waals surface area contributed by atoms with Crippen LogP contribution in [0.2, 0.25) is 5.04 Å². The van der Waals surface area contributed by atoms with Crippen molar-refractivity contribution in [2.45, 2.75) is 51.5 Å². The summed E-state index contributed by atoms with van der Waals surface area (Å²) in [6, 6.07) is 0. The van der Waals surface area contributed by atoms with E-state index in [1.54, 1.807) is 21.3 Å². The Morgan fingerprint density at radius 1 is 0.933 bits per heavy atom. The quantitative estimate of drug-likeness (QED) is 0.477. The lowest BCUT2D eigenvalue weighted by molar-refractivity contribution is 0.0926. The summed E-state index contributed by atoms with van der Waals surface area (Å²) in [5.74, 6) is 0. The molecule has 0 aliphatic carbocycles. The first-order chi connectivity index (χ1) is 6.99. The van der Waals surface area contributed by atoms with Gasteiger partial charge in [0.1, 0.15) is 0 Å². The van der Waals surface area contributed by atoms with Crippen molar-refractivity contribution in [1.29, 1.82) is 0 Å². The normalized spacial score (nSPS) is 13.2. The largest absolute Gasteiger partial charge is 0.506 e. The lowest BCUT2D eigenvalue weighted by atomic mass is 10.0. The van der Waals surface area contributed by atoms with E-state index in [-0.39, 0.29) is 5.04 Å². The minimum absolute atomic E-state index is 0.0135. The molecule has 0 amide bonds. The summed E-state index contributed by atoms with van der Waals surface area (Å²) >= 11 is 0. The fourth-order valence-electron chi connectivity index (χ4n) is 2.05. The van der Waals surface area contributed by atoms with Crippen LogP contribution in [0.3, 0.4) is 0 Å². The van der Waals surface area contributed by atoms with Crippen molar-refractivity contribution in [2.75, 3.05) is 21.3 Å². The third-order valence-electron chi connectivity index (χ3n) is 3.04. The van der Waals surface area contributed by atoms with Gasteiger partial charge in [0, 0.05) is 26.4 Å². The van der Waals surface area contributed by atoms with Gasteiger partial charge in [-0.2, -0.15) is 0 Å². The highest BCUT2D eigenvalue weighted by Gasteiger charge is 2.53. The SMILES string of the molecule is CCCCCC(C)(C)[Si](OC)(OC)OC. The van der Waals surface area contributed by atoms with Crippen LogP contribution in [0.1, 0.15) is 46.5 Å². The van der Waals surface area contributed by atoms with E-state index < -0.39 is 8.80 Å². The average Bonchev–Trinajstić information content (AvgIpc) is 2.21. The molecule has 0 aromatic rings. The molecule has 0 aromatic carbocycles. The van der Waals surface area contributed by atoms with Gasteiger partial charge in [-0.15, -0.1) is 0 Å². The molecule has 0 aromatic heterocycles. The monoisotopic (exact) mass is 234 g/mol. The summed E-state index contributed by atoms with van der Waals surface area (Å²) in [5, 5.41) is -0.0135. The highest BCUT2D eigenvalue weighted by atomic mass is 28.4. The highest BCUT2D eigenvalue weighted by molar-refractivity contribution is 6.64. The molecular weight excluding hydrogens is 208 g/mol. The number of rotatable bonds is 8. The van der Waals surface area contributed by atoms with Crippen LogP contribution in [0.5, 0.6) is 0 Å². The lowest BCUT2D eigenvalue weighted by Crippen LogP contribution is -2.52. The predicted molar refractivity (Wildman–Crippen MR) is 65.0 cm³/mol. The second-order valence-corrected chi connectivity index (χ2v) is 8.20. The van der Waals surface area contributed by atoms with Gasteiger partial charge in [-0.3, -0.25) is 0 Å². The maximum absolute atomic E-state index is 5.53. The van der Waals surface area contributed by atoms with E-state index in [1.807, 2.05) is 0 Å². The van der Waals surface area contributed by atoms with E-state index in [0.717, 1.165) is 6.42 Å². The molecule has 0 unspecified atom stereocenters. The van der Waals surface area contributed by atoms with E-state index in [9.17, 15) is 0 Å². The Balaban J connectivity index is 4.48. The van der Waals surface area contributed by atoms with E-state index >= 15 is 0 Å². The minimum Gasteiger partial charge on any atom is -0.377 e. The second-order valence-electron chi connectivity index (χ2n) is 4.51. The van der Waals surface area contributed by atoms with Crippen molar-refractivity contribution in [2.24, 2.45) is 0 Å². The van der Waals surface area contributed by atoms with Crippen LogP contribution in [0, 0.1) is 0 Å². The molecule has 0 saturated heterocycles. The number of hydrogen-bond acceptors (Lipinski definition) is 3. The molecule has 0 aliphatic heterocycles. The molecule has 3 nitrogen and oxygen atoms in total. The Kier molecular flexibility index (Phi) is 6.67. The van der Waals surface area contributed by atoms with E-state index in [2.05, 4.69) is 20.8 Å². The third-order valence-corrected chi connectivity index (χ3v) is 6.56. The molecule has 0 heterocycles. The van der Waals surface area contributed by atoms with Gasteiger partial charge in [0.25, 0.3) is 0 Å². The first-order valence-corrected chi connectivity index (χ1v) is 7.37. The maximum atomic E-state index is 5.53. The number of hydrogen-bond donors (Lipinski definition) is 0. The van der Waals surface area contributed by atoms with Crippen LogP contribution in [0.25, 0.3) is 0 Å². The number of unbranched alkanes of at least 4 members (excludes halogenated alkanes) is 2. The Morgan fingerprint density at radius 3 is 1.73 bits per heavy atom. The highest BCUT2D eigenvalue weighted by Crippen LogP contribution is 2.42. The van der Waals surface area contributed by atoms with Crippen LogP contribution in [0.15, 0.2) is 0 Å². The van der Waals surface area contributed by atoms with Gasteiger partial charge >= 0.3 is 8.80 Å². The molecule has 0 saturated carbocycles. The fraction of sp³-hybridized carbons (Fsp3) is 1.00. The molecule has 0 aliphatic rings. The van der Waals surface area contributed by atoms with Crippen molar-refractivity contribution in [3.63, 3.8) is 0 Å². The topological polar surface area (TPSA) is 27.7 Å². The van der Waals surface area contributed by atoms with Gasteiger partial charge in [0.15, 0.2) is 0 Å². The lowest BCUT2D eigenvalue weighted by Gasteiger charge is -2.38. The summed E-state index contributed by atoms with van der Waals surface area (Å²) in [4.78, 5) is 0. The van der Waals surface area contributed by atoms with Crippen molar-refractivity contribution in [3.8, 4) is 0 Å². The molecular formula is C11H26O3Si. The Hall–Kier alpha value is 0.0969. The smallest absolute Gasteiger partial charge is 0.377 e. The molecule has 0 spiro atoms. The Morgan fingerprint density at radius 2 is 1.40 bits per heavy atom. The van der Waals surface area contributed by atoms with Crippen LogP contribution >= 0.6 is 0 Å². The van der Waals surface area contributed by atoms with Crippen LogP contribution in [-0.4, -0.2) is 30.1 Å². The molecule has 92 valence electrons. The summed E-state index contributed by atoms with van der Waals surface area (Å²) in [7, 11) is 2.55. The molecule has 0 atom stereocenters. The fourth-order valence-corrected chi connectivity index (χ4v) is 4.69. The van der Waals surface area contributed by atoms with Crippen LogP contribution < -0.4 is 0 Å². The van der Waals surface area contributed by atoms with Gasteiger partial charge in [0.2, 0.25) is 0 Å². The van der Waals surface area contributed by atoms with Crippen molar-refractivity contribution >= 4 is 8.80 Å². The molecule has 0 radical (unpaired) electrons. The molecule has 0 rings (SSSR count). The van der Waals surface area contributed by atoms with Crippen LogP contribution in [0.4, 0.5) is 0 Å². The summed E-state index contributed by atoms with van der Waals surface area (Å²) in [6.45, 7) is 6.55. The van der Waals surface area contributed by atoms with Crippen molar-refractivity contribution < 1.29 is 13.3 Å². The Bertz CT molecular complexity index is 159. The molecule has 4 heteroatoms. The standard InChI is InChI=1S/C11H26O3Si/c1-7-8-9-10-11(2,3)15(12-4,13-5)14-6/h7-10H2,1-6H3. The van der Waals surface area contributed by atoms with E-state index in [1.165, 1.54) is 19.3 Å². The van der Waals surface area contributed by atoms with Gasteiger partial charge in [-0.1, -0.05) is 40.0 Å². The summed E-state index contributed by atoms with van der Waals surface area (Å²) < 4.78 is 16.6. The predicted octanol–water partition coefficient (Wildman–Crippen LogP) is 3.23. The average molecular weight is 234 g/mol. The zero-order valence-electron chi connectivity index (χ0n) is 11.1. The van der Waals surface area contributed by atoms with Gasteiger partial charge < -0.3 is 13.3 Å². The summed E-state index contributed by atoms with van der Waals surface area (Å²) in [5.41, 5.74) is 0. The molecule has 0 bridgehead atoms. The third kappa shape index (κ3) is 3.55. The van der Waals surface area contributed by atoms with Crippen molar-refractivity contribution in [3.05, 3.63) is 0 Å². The maximum Gasteiger partial charge on any atom is 0.506 e. The van der Waals surface area contributed by atoms with E-state index in [4.69, 9.17) is 13.3 Å². The van der Waals surface area contributed by atoms with E-state index in [0.29, 0.717) is 0 Å². The first-order valence-electron chi connectivity index (χ1n) is 5.65. The minimum atomic E-state index is -2.50. The van der Waals surface area contributed by atoms with Gasteiger partial charge in [0.05, 0.1) is 0 Å². The first kappa shape index (κ1) is 15.1. The van der Waals surface area contributed by atoms with Crippen LogP contribution in [-0.2, 0) is 13.3 Å². The zero-order chi connectivity index (χ0) is 11.9. The summed E-state index contributed by atoms with van der Waals surface area (Å²) in [6.07, 6.45) is 4.78. The van der Waals surface area contributed by atoms with Gasteiger partial charge in [-0.05, 0) is 6.42 Å². The molecule has 0 N–H and O–H groups in total. The Labute approximate surface area is 95.5 Å². The molecule has 15 heavy (non-hydrogen) atoms. The van der Waals surface area contributed by atoms with Crippen molar-refractivity contribution in [1.82, 2.24) is 0 Å². The molecule has 0 fully saturated rings. The second kappa shape index (κ2) is 6.63. The zero-order valence-corrected chi connectivity index (χ0v) is 12.1.